The Morgan fingerprint density at radius 1 is 0.636 bits per heavy atom. The lowest BCUT2D eigenvalue weighted by molar-refractivity contribution is -0.144. The quantitative estimate of drug-likeness (QED) is 0.223. The molecule has 0 saturated heterocycles. The number of carboxylic acids is 2. The minimum absolute atomic E-state index is 0.629. The number of unbranched alkanes of at least 4 members (excludes halogenated alkanes) is 5. The Morgan fingerprint density at radius 2 is 1.00 bits per heavy atom. The molecule has 2 unspecified atom stereocenters. The predicted molar refractivity (Wildman–Crippen MR) is 134 cm³/mol. The SMILES string of the molecule is CC(CCCC/C=C/CCCCCC(C)(C(=O)O)c1ccccc1)(C(=O)O)c1ccccc1. The highest BCUT2D eigenvalue weighted by Crippen LogP contribution is 2.31. The first-order valence-electron chi connectivity index (χ1n) is 12.0. The van der Waals surface area contributed by atoms with Gasteiger partial charge >= 0.3 is 11.9 Å². The molecule has 0 spiro atoms. The molecule has 2 N–H and O–H groups in total. The normalized spacial score (nSPS) is 15.1. The fourth-order valence-electron chi connectivity index (χ4n) is 4.26. The Morgan fingerprint density at radius 3 is 1.39 bits per heavy atom. The molecule has 178 valence electrons. The molecule has 2 atom stereocenters. The topological polar surface area (TPSA) is 74.6 Å². The lowest BCUT2D eigenvalue weighted by atomic mass is 9.78. The average molecular weight is 451 g/mol. The number of allylic oxidation sites excluding steroid dienone is 2. The molecule has 0 saturated carbocycles. The molecule has 0 fully saturated rings. The molecule has 0 amide bonds. The van der Waals surface area contributed by atoms with Gasteiger partial charge in [0.05, 0.1) is 10.8 Å². The summed E-state index contributed by atoms with van der Waals surface area (Å²) < 4.78 is 0. The van der Waals surface area contributed by atoms with E-state index in [2.05, 4.69) is 12.2 Å². The standard InChI is InChI=1S/C29H38O4/c1-28(26(30)31,24-18-12-10-13-19-24)22-16-8-6-4-3-5-7-9-17-23-29(2,27(32)33)25-20-14-11-15-21-25/h3-4,10-15,18-21H,5-9,16-17,22-23H2,1-2H3,(H,30,31)(H,32,33)/b4-3+. The summed E-state index contributed by atoms with van der Waals surface area (Å²) in [6.07, 6.45) is 12.4. The smallest absolute Gasteiger partial charge is 0.313 e. The molecular formula is C29H38O4. The number of carbonyl (C=O) groups is 2. The van der Waals surface area contributed by atoms with Crippen LogP contribution in [0.15, 0.2) is 72.8 Å². The second-order valence-electron chi connectivity index (χ2n) is 9.32. The van der Waals surface area contributed by atoms with Gasteiger partial charge in [-0.25, -0.2) is 0 Å². The fraction of sp³-hybridized carbons (Fsp3) is 0.448. The van der Waals surface area contributed by atoms with E-state index in [0.29, 0.717) is 12.8 Å². The first-order valence-corrected chi connectivity index (χ1v) is 12.0. The van der Waals surface area contributed by atoms with Crippen molar-refractivity contribution >= 4 is 11.9 Å². The van der Waals surface area contributed by atoms with E-state index in [-0.39, 0.29) is 0 Å². The third kappa shape index (κ3) is 7.59. The maximum Gasteiger partial charge on any atom is 0.313 e. The van der Waals surface area contributed by atoms with Crippen LogP contribution in [0.3, 0.4) is 0 Å². The first kappa shape index (κ1) is 26.4. The van der Waals surface area contributed by atoms with Crippen LogP contribution in [0, 0.1) is 0 Å². The molecule has 2 aromatic rings. The van der Waals surface area contributed by atoms with Gasteiger partial charge in [0.2, 0.25) is 0 Å². The Labute approximate surface area is 198 Å². The summed E-state index contributed by atoms with van der Waals surface area (Å²) in [6, 6.07) is 19.0. The molecule has 0 aromatic heterocycles. The van der Waals surface area contributed by atoms with Gasteiger partial charge in [-0.05, 0) is 63.5 Å². The number of aliphatic carboxylic acids is 2. The first-order chi connectivity index (χ1) is 15.8. The third-order valence-corrected chi connectivity index (χ3v) is 6.78. The van der Waals surface area contributed by atoms with Gasteiger partial charge in [-0.3, -0.25) is 9.59 Å². The number of hydrogen-bond acceptors (Lipinski definition) is 2. The van der Waals surface area contributed by atoms with Gasteiger partial charge in [0, 0.05) is 0 Å². The van der Waals surface area contributed by atoms with Crippen molar-refractivity contribution in [2.75, 3.05) is 0 Å². The van der Waals surface area contributed by atoms with Crippen LogP contribution >= 0.6 is 0 Å². The molecule has 0 radical (unpaired) electrons. The summed E-state index contributed by atoms with van der Waals surface area (Å²) in [5.74, 6) is -1.53. The van der Waals surface area contributed by atoms with Crippen LogP contribution in [0.25, 0.3) is 0 Å². The van der Waals surface area contributed by atoms with Crippen LogP contribution in [0.5, 0.6) is 0 Å². The molecule has 0 aliphatic heterocycles. The minimum atomic E-state index is -0.838. The van der Waals surface area contributed by atoms with Gasteiger partial charge in [-0.1, -0.05) is 92.1 Å². The van der Waals surface area contributed by atoms with E-state index in [1.165, 1.54) is 0 Å². The van der Waals surface area contributed by atoms with Gasteiger partial charge in [-0.2, -0.15) is 0 Å². The highest BCUT2D eigenvalue weighted by Gasteiger charge is 2.35. The lowest BCUT2D eigenvalue weighted by Crippen LogP contribution is -2.32. The number of rotatable bonds is 15. The van der Waals surface area contributed by atoms with Crippen LogP contribution in [0.2, 0.25) is 0 Å². The van der Waals surface area contributed by atoms with E-state index >= 15 is 0 Å². The monoisotopic (exact) mass is 450 g/mol. The summed E-state index contributed by atoms with van der Waals surface area (Å²) >= 11 is 0. The highest BCUT2D eigenvalue weighted by molar-refractivity contribution is 5.81. The largest absolute Gasteiger partial charge is 0.481 e. The van der Waals surface area contributed by atoms with Gasteiger partial charge in [0.25, 0.3) is 0 Å². The highest BCUT2D eigenvalue weighted by atomic mass is 16.4. The van der Waals surface area contributed by atoms with Crippen LogP contribution < -0.4 is 0 Å². The maximum atomic E-state index is 11.8. The summed E-state index contributed by atoms with van der Waals surface area (Å²) in [4.78, 5) is 23.7. The van der Waals surface area contributed by atoms with Crippen LogP contribution in [-0.2, 0) is 20.4 Å². The number of hydrogen-bond donors (Lipinski definition) is 2. The van der Waals surface area contributed by atoms with Crippen molar-refractivity contribution in [1.82, 2.24) is 0 Å². The summed E-state index contributed by atoms with van der Waals surface area (Å²) in [7, 11) is 0. The van der Waals surface area contributed by atoms with Crippen LogP contribution in [-0.4, -0.2) is 22.2 Å². The predicted octanol–water partition coefficient (Wildman–Crippen LogP) is 7.14. The summed E-state index contributed by atoms with van der Waals surface area (Å²) in [6.45, 7) is 3.63. The van der Waals surface area contributed by atoms with Crippen molar-refractivity contribution in [1.29, 1.82) is 0 Å². The van der Waals surface area contributed by atoms with E-state index in [1.54, 1.807) is 0 Å². The van der Waals surface area contributed by atoms with Crippen LogP contribution in [0.4, 0.5) is 0 Å². The molecule has 33 heavy (non-hydrogen) atoms. The Kier molecular flexibility index (Phi) is 10.4. The minimum Gasteiger partial charge on any atom is -0.481 e. The van der Waals surface area contributed by atoms with E-state index in [1.807, 2.05) is 74.5 Å². The molecule has 4 nitrogen and oxygen atoms in total. The molecular weight excluding hydrogens is 412 g/mol. The molecule has 4 heteroatoms. The molecule has 0 aliphatic rings. The van der Waals surface area contributed by atoms with Crippen molar-refractivity contribution in [2.45, 2.75) is 82.5 Å². The van der Waals surface area contributed by atoms with E-state index in [0.717, 1.165) is 56.1 Å². The van der Waals surface area contributed by atoms with Gasteiger partial charge in [-0.15, -0.1) is 0 Å². The van der Waals surface area contributed by atoms with Crippen molar-refractivity contribution < 1.29 is 19.8 Å². The second-order valence-corrected chi connectivity index (χ2v) is 9.32. The van der Waals surface area contributed by atoms with Gasteiger partial charge in [0.15, 0.2) is 0 Å². The van der Waals surface area contributed by atoms with Gasteiger partial charge in [0.1, 0.15) is 0 Å². The van der Waals surface area contributed by atoms with Crippen molar-refractivity contribution in [3.63, 3.8) is 0 Å². The van der Waals surface area contributed by atoms with Gasteiger partial charge < -0.3 is 10.2 Å². The summed E-state index contributed by atoms with van der Waals surface area (Å²) in [5, 5.41) is 19.5. The fourth-order valence-corrected chi connectivity index (χ4v) is 4.26. The summed E-state index contributed by atoms with van der Waals surface area (Å²) in [5.41, 5.74) is 0.0548. The molecule has 0 aliphatic carbocycles. The lowest BCUT2D eigenvalue weighted by Gasteiger charge is -2.25. The maximum absolute atomic E-state index is 11.8. The zero-order valence-corrected chi connectivity index (χ0v) is 20.0. The van der Waals surface area contributed by atoms with E-state index in [9.17, 15) is 19.8 Å². The average Bonchev–Trinajstić information content (AvgIpc) is 2.83. The zero-order chi connectivity index (χ0) is 24.2. The number of benzene rings is 2. The zero-order valence-electron chi connectivity index (χ0n) is 20.0. The Bertz CT molecular complexity index is 890. The van der Waals surface area contributed by atoms with Crippen LogP contribution in [0.1, 0.15) is 82.8 Å². The van der Waals surface area contributed by atoms with E-state index < -0.39 is 22.8 Å². The van der Waals surface area contributed by atoms with E-state index in [4.69, 9.17) is 0 Å². The van der Waals surface area contributed by atoms with Crippen molar-refractivity contribution in [2.24, 2.45) is 0 Å². The Balaban J connectivity index is 1.64. The molecule has 2 rings (SSSR count). The molecule has 2 aromatic carbocycles. The second kappa shape index (κ2) is 13.0. The van der Waals surface area contributed by atoms with Crippen molar-refractivity contribution in [3.8, 4) is 0 Å². The van der Waals surface area contributed by atoms with Crippen molar-refractivity contribution in [3.05, 3.63) is 83.9 Å². The number of carboxylic acid groups (broad SMARTS) is 2. The molecule has 0 heterocycles. The Hall–Kier alpha value is -2.88. The third-order valence-electron chi connectivity index (χ3n) is 6.78. The molecule has 0 bridgehead atoms.